The van der Waals surface area contributed by atoms with Crippen LogP contribution in [0.2, 0.25) is 0 Å². The van der Waals surface area contributed by atoms with Gasteiger partial charge in [0.15, 0.2) is 0 Å². The van der Waals surface area contributed by atoms with Crippen molar-refractivity contribution in [3.05, 3.63) is 0 Å². The Kier molecular flexibility index (Phi) is 3.82. The fourth-order valence-electron chi connectivity index (χ4n) is 2.73. The Labute approximate surface area is 114 Å². The third-order valence-electron chi connectivity index (χ3n) is 3.58. The molecule has 6 nitrogen and oxygen atoms in total. The number of rotatable bonds is 3. The number of ether oxygens (including phenoxy) is 1. The van der Waals surface area contributed by atoms with Crippen LogP contribution in [0.1, 0.15) is 27.7 Å². The molecule has 0 radical (unpaired) electrons. The SMILES string of the molecule is CC1CN(CCN2C(=O)NC(C)(C)C2=O)CC(C)O1. The minimum absolute atomic E-state index is 0.146. The molecule has 2 aliphatic heterocycles. The van der Waals surface area contributed by atoms with Gasteiger partial charge in [0.2, 0.25) is 0 Å². The van der Waals surface area contributed by atoms with Crippen molar-refractivity contribution in [2.75, 3.05) is 26.2 Å². The van der Waals surface area contributed by atoms with Crippen LogP contribution in [0, 0.1) is 0 Å². The first kappa shape index (κ1) is 14.3. The van der Waals surface area contributed by atoms with Gasteiger partial charge in [0.05, 0.1) is 12.2 Å². The number of urea groups is 1. The molecule has 108 valence electrons. The van der Waals surface area contributed by atoms with Gasteiger partial charge in [-0.3, -0.25) is 14.6 Å². The van der Waals surface area contributed by atoms with Crippen LogP contribution >= 0.6 is 0 Å². The zero-order valence-corrected chi connectivity index (χ0v) is 12.1. The molecule has 2 aliphatic rings. The summed E-state index contributed by atoms with van der Waals surface area (Å²) in [5, 5.41) is 2.69. The summed E-state index contributed by atoms with van der Waals surface area (Å²) in [5.74, 6) is -0.146. The number of amides is 3. The largest absolute Gasteiger partial charge is 0.373 e. The average Bonchev–Trinajstić information content (AvgIpc) is 2.45. The third kappa shape index (κ3) is 3.06. The van der Waals surface area contributed by atoms with Crippen molar-refractivity contribution in [1.29, 1.82) is 0 Å². The number of hydrogen-bond acceptors (Lipinski definition) is 4. The van der Waals surface area contributed by atoms with Crippen LogP contribution < -0.4 is 5.32 Å². The van der Waals surface area contributed by atoms with Crippen LogP contribution in [0.3, 0.4) is 0 Å². The smallest absolute Gasteiger partial charge is 0.325 e. The molecular formula is C13H23N3O3. The summed E-state index contributed by atoms with van der Waals surface area (Å²) < 4.78 is 5.66. The third-order valence-corrected chi connectivity index (χ3v) is 3.58. The van der Waals surface area contributed by atoms with Crippen LogP contribution in [0.4, 0.5) is 4.79 Å². The molecule has 2 unspecified atom stereocenters. The number of morpholine rings is 1. The first-order valence-corrected chi connectivity index (χ1v) is 6.81. The van der Waals surface area contributed by atoms with E-state index in [-0.39, 0.29) is 24.1 Å². The molecule has 3 amide bonds. The second-order valence-corrected chi connectivity index (χ2v) is 6.03. The predicted octanol–water partition coefficient (Wildman–Crippen LogP) is 0.426. The molecule has 6 heteroatoms. The molecule has 2 atom stereocenters. The monoisotopic (exact) mass is 269 g/mol. The van der Waals surface area contributed by atoms with E-state index in [1.807, 2.05) is 13.8 Å². The summed E-state index contributed by atoms with van der Waals surface area (Å²) in [6.07, 6.45) is 0.395. The highest BCUT2D eigenvalue weighted by Gasteiger charge is 2.44. The molecular weight excluding hydrogens is 246 g/mol. The van der Waals surface area contributed by atoms with Crippen molar-refractivity contribution in [2.24, 2.45) is 0 Å². The zero-order valence-electron chi connectivity index (χ0n) is 12.1. The molecule has 0 bridgehead atoms. The van der Waals surface area contributed by atoms with Crippen molar-refractivity contribution in [3.8, 4) is 0 Å². The van der Waals surface area contributed by atoms with Gasteiger partial charge in [0.1, 0.15) is 5.54 Å². The Morgan fingerprint density at radius 3 is 2.26 bits per heavy atom. The van der Waals surface area contributed by atoms with E-state index >= 15 is 0 Å². The van der Waals surface area contributed by atoms with Crippen molar-refractivity contribution in [2.45, 2.75) is 45.4 Å². The van der Waals surface area contributed by atoms with E-state index in [4.69, 9.17) is 4.74 Å². The Bertz CT molecular complexity index is 373. The van der Waals surface area contributed by atoms with Gasteiger partial charge in [-0.05, 0) is 27.7 Å². The van der Waals surface area contributed by atoms with Gasteiger partial charge in [0, 0.05) is 26.2 Å². The highest BCUT2D eigenvalue weighted by Crippen LogP contribution is 2.17. The Morgan fingerprint density at radius 1 is 1.21 bits per heavy atom. The van der Waals surface area contributed by atoms with Crippen LogP contribution in [-0.2, 0) is 9.53 Å². The van der Waals surface area contributed by atoms with Gasteiger partial charge in [-0.25, -0.2) is 4.79 Å². The van der Waals surface area contributed by atoms with E-state index in [2.05, 4.69) is 10.2 Å². The number of hydrogen-bond donors (Lipinski definition) is 1. The van der Waals surface area contributed by atoms with Crippen molar-refractivity contribution < 1.29 is 14.3 Å². The van der Waals surface area contributed by atoms with Gasteiger partial charge in [0.25, 0.3) is 5.91 Å². The Balaban J connectivity index is 1.89. The molecule has 0 aromatic rings. The van der Waals surface area contributed by atoms with E-state index in [0.717, 1.165) is 13.1 Å². The van der Waals surface area contributed by atoms with Crippen LogP contribution in [0.25, 0.3) is 0 Å². The molecule has 0 aromatic carbocycles. The molecule has 2 saturated heterocycles. The lowest BCUT2D eigenvalue weighted by molar-refractivity contribution is -0.130. The number of imide groups is 1. The van der Waals surface area contributed by atoms with Crippen LogP contribution in [-0.4, -0.2) is 65.7 Å². The van der Waals surface area contributed by atoms with E-state index in [0.29, 0.717) is 13.1 Å². The number of nitrogens with one attached hydrogen (secondary N) is 1. The fourth-order valence-corrected chi connectivity index (χ4v) is 2.73. The van der Waals surface area contributed by atoms with Crippen LogP contribution in [0.15, 0.2) is 0 Å². The Hall–Kier alpha value is -1.14. The molecule has 0 spiro atoms. The zero-order chi connectivity index (χ0) is 14.2. The molecule has 2 rings (SSSR count). The minimum Gasteiger partial charge on any atom is -0.373 e. The number of carbonyl (C=O) groups is 2. The maximum atomic E-state index is 12.0. The lowest BCUT2D eigenvalue weighted by Crippen LogP contribution is -2.48. The molecule has 2 heterocycles. The standard InChI is InChI=1S/C13H23N3O3/c1-9-7-15(8-10(2)19-9)5-6-16-11(17)13(3,4)14-12(16)18/h9-10H,5-8H2,1-4H3,(H,14,18). The maximum Gasteiger partial charge on any atom is 0.325 e. The van der Waals surface area contributed by atoms with E-state index in [1.54, 1.807) is 13.8 Å². The summed E-state index contributed by atoms with van der Waals surface area (Å²) in [6.45, 7) is 10.4. The van der Waals surface area contributed by atoms with Crippen molar-refractivity contribution in [3.63, 3.8) is 0 Å². The first-order chi connectivity index (χ1) is 8.79. The van der Waals surface area contributed by atoms with E-state index in [1.165, 1.54) is 4.90 Å². The second-order valence-electron chi connectivity index (χ2n) is 6.03. The first-order valence-electron chi connectivity index (χ1n) is 6.81. The fraction of sp³-hybridized carbons (Fsp3) is 0.846. The summed E-state index contributed by atoms with van der Waals surface area (Å²) in [7, 11) is 0. The van der Waals surface area contributed by atoms with E-state index < -0.39 is 5.54 Å². The van der Waals surface area contributed by atoms with Gasteiger partial charge in [-0.1, -0.05) is 0 Å². The Morgan fingerprint density at radius 2 is 1.79 bits per heavy atom. The lowest BCUT2D eigenvalue weighted by Gasteiger charge is -2.35. The molecule has 0 aromatic heterocycles. The average molecular weight is 269 g/mol. The molecule has 0 saturated carbocycles. The molecule has 19 heavy (non-hydrogen) atoms. The van der Waals surface area contributed by atoms with Gasteiger partial charge < -0.3 is 10.1 Å². The number of nitrogens with zero attached hydrogens (tertiary/aromatic N) is 2. The predicted molar refractivity (Wildman–Crippen MR) is 70.8 cm³/mol. The maximum absolute atomic E-state index is 12.0. The van der Waals surface area contributed by atoms with E-state index in [9.17, 15) is 9.59 Å². The topological polar surface area (TPSA) is 61.9 Å². The molecule has 1 N–H and O–H groups in total. The molecule has 0 aliphatic carbocycles. The van der Waals surface area contributed by atoms with Crippen molar-refractivity contribution in [1.82, 2.24) is 15.1 Å². The highest BCUT2D eigenvalue weighted by molar-refractivity contribution is 6.06. The minimum atomic E-state index is -0.775. The summed E-state index contributed by atoms with van der Waals surface area (Å²) >= 11 is 0. The van der Waals surface area contributed by atoms with Crippen molar-refractivity contribution >= 4 is 11.9 Å². The highest BCUT2D eigenvalue weighted by atomic mass is 16.5. The lowest BCUT2D eigenvalue weighted by atomic mass is 10.1. The van der Waals surface area contributed by atoms with Gasteiger partial charge >= 0.3 is 6.03 Å². The second kappa shape index (κ2) is 5.09. The normalized spacial score (nSPS) is 31.7. The van der Waals surface area contributed by atoms with Gasteiger partial charge in [-0.15, -0.1) is 0 Å². The van der Waals surface area contributed by atoms with Crippen LogP contribution in [0.5, 0.6) is 0 Å². The number of carbonyl (C=O) groups excluding carboxylic acids is 2. The summed E-state index contributed by atoms with van der Waals surface area (Å²) in [5.41, 5.74) is -0.775. The van der Waals surface area contributed by atoms with Gasteiger partial charge in [-0.2, -0.15) is 0 Å². The molecule has 2 fully saturated rings. The summed E-state index contributed by atoms with van der Waals surface area (Å²) in [6, 6.07) is -0.288. The quantitative estimate of drug-likeness (QED) is 0.755. The summed E-state index contributed by atoms with van der Waals surface area (Å²) in [4.78, 5) is 27.3.